The standard InChI is InChI=1S/C22H29N3O3/c1-16-13-20(17(2)23-16)21(26)15-24-9-11-25(12-10-24)22(27)8-7-18-5-4-6-19(14-18)28-3/h4-6,13-14,23H,7-12,15H2,1-3H3. The van der Waals surface area contributed by atoms with Gasteiger partial charge in [-0.2, -0.15) is 0 Å². The van der Waals surface area contributed by atoms with Gasteiger partial charge in [-0.3, -0.25) is 14.5 Å². The minimum atomic E-state index is 0.139. The number of amides is 1. The molecule has 0 spiro atoms. The molecule has 1 aliphatic heterocycles. The van der Waals surface area contributed by atoms with Crippen molar-refractivity contribution in [3.05, 3.63) is 52.8 Å². The number of aromatic amines is 1. The number of carbonyl (C=O) groups is 2. The van der Waals surface area contributed by atoms with Crippen molar-refractivity contribution < 1.29 is 14.3 Å². The van der Waals surface area contributed by atoms with Crippen LogP contribution in [0.4, 0.5) is 0 Å². The summed E-state index contributed by atoms with van der Waals surface area (Å²) in [5, 5.41) is 0. The monoisotopic (exact) mass is 383 g/mol. The topological polar surface area (TPSA) is 65.6 Å². The second-order valence-electron chi connectivity index (χ2n) is 7.42. The number of rotatable bonds is 7. The number of nitrogens with zero attached hydrogens (tertiary/aromatic N) is 2. The average Bonchev–Trinajstić information content (AvgIpc) is 3.05. The molecule has 3 rings (SSSR count). The number of benzene rings is 1. The molecule has 1 amide bonds. The molecule has 6 nitrogen and oxygen atoms in total. The number of aryl methyl sites for hydroxylation is 3. The van der Waals surface area contributed by atoms with Crippen molar-refractivity contribution >= 4 is 11.7 Å². The van der Waals surface area contributed by atoms with E-state index in [0.717, 1.165) is 41.4 Å². The van der Waals surface area contributed by atoms with Gasteiger partial charge in [-0.25, -0.2) is 0 Å². The minimum absolute atomic E-state index is 0.139. The van der Waals surface area contributed by atoms with Crippen LogP contribution in [0.25, 0.3) is 0 Å². The van der Waals surface area contributed by atoms with E-state index in [0.29, 0.717) is 32.5 Å². The lowest BCUT2D eigenvalue weighted by Gasteiger charge is -2.34. The van der Waals surface area contributed by atoms with E-state index in [-0.39, 0.29) is 11.7 Å². The summed E-state index contributed by atoms with van der Waals surface area (Å²) in [4.78, 5) is 32.3. The summed E-state index contributed by atoms with van der Waals surface area (Å²) in [6.07, 6.45) is 1.20. The number of H-pyrrole nitrogens is 1. The van der Waals surface area contributed by atoms with Gasteiger partial charge >= 0.3 is 0 Å². The fourth-order valence-corrected chi connectivity index (χ4v) is 3.69. The van der Waals surface area contributed by atoms with Crippen molar-refractivity contribution in [3.8, 4) is 5.75 Å². The Balaban J connectivity index is 1.44. The second kappa shape index (κ2) is 9.06. The van der Waals surface area contributed by atoms with Gasteiger partial charge in [0.1, 0.15) is 5.75 Å². The smallest absolute Gasteiger partial charge is 0.222 e. The molecular weight excluding hydrogens is 354 g/mol. The number of nitrogens with one attached hydrogen (secondary N) is 1. The molecule has 1 aliphatic rings. The Morgan fingerprint density at radius 2 is 1.86 bits per heavy atom. The summed E-state index contributed by atoms with van der Waals surface area (Å²) in [7, 11) is 1.65. The molecule has 1 fully saturated rings. The lowest BCUT2D eigenvalue weighted by atomic mass is 10.1. The maximum atomic E-state index is 12.5. The summed E-state index contributed by atoms with van der Waals surface area (Å²) in [5.41, 5.74) is 3.81. The average molecular weight is 383 g/mol. The third kappa shape index (κ3) is 5.01. The number of piperazine rings is 1. The fraction of sp³-hybridized carbons (Fsp3) is 0.455. The molecule has 1 saturated heterocycles. The number of carbonyl (C=O) groups excluding carboxylic acids is 2. The lowest BCUT2D eigenvalue weighted by Crippen LogP contribution is -2.50. The van der Waals surface area contributed by atoms with Crippen LogP contribution in [-0.2, 0) is 11.2 Å². The van der Waals surface area contributed by atoms with Crippen LogP contribution < -0.4 is 4.74 Å². The number of hydrogen-bond acceptors (Lipinski definition) is 4. The van der Waals surface area contributed by atoms with E-state index < -0.39 is 0 Å². The Labute approximate surface area is 166 Å². The first-order chi connectivity index (χ1) is 13.5. The van der Waals surface area contributed by atoms with Crippen LogP contribution in [0.5, 0.6) is 5.75 Å². The van der Waals surface area contributed by atoms with Crippen LogP contribution in [0.15, 0.2) is 30.3 Å². The van der Waals surface area contributed by atoms with Crippen molar-refractivity contribution in [1.29, 1.82) is 0 Å². The van der Waals surface area contributed by atoms with Crippen LogP contribution in [0, 0.1) is 13.8 Å². The molecule has 2 aromatic rings. The fourth-order valence-electron chi connectivity index (χ4n) is 3.69. The van der Waals surface area contributed by atoms with E-state index in [1.165, 1.54) is 0 Å². The molecule has 1 N–H and O–H groups in total. The van der Waals surface area contributed by atoms with Crippen LogP contribution >= 0.6 is 0 Å². The minimum Gasteiger partial charge on any atom is -0.497 e. The molecule has 150 valence electrons. The van der Waals surface area contributed by atoms with Gasteiger partial charge in [-0.15, -0.1) is 0 Å². The van der Waals surface area contributed by atoms with Crippen molar-refractivity contribution in [3.63, 3.8) is 0 Å². The largest absolute Gasteiger partial charge is 0.497 e. The number of aromatic nitrogens is 1. The van der Waals surface area contributed by atoms with Crippen LogP contribution in [0.1, 0.15) is 33.7 Å². The lowest BCUT2D eigenvalue weighted by molar-refractivity contribution is -0.132. The Kier molecular flexibility index (Phi) is 6.52. The van der Waals surface area contributed by atoms with Gasteiger partial charge in [-0.1, -0.05) is 12.1 Å². The normalized spacial score (nSPS) is 14.9. The predicted octanol–water partition coefficient (Wildman–Crippen LogP) is 2.60. The maximum Gasteiger partial charge on any atom is 0.222 e. The Morgan fingerprint density at radius 1 is 1.11 bits per heavy atom. The van der Waals surface area contributed by atoms with Crippen LogP contribution in [0.3, 0.4) is 0 Å². The van der Waals surface area contributed by atoms with Crippen LogP contribution in [-0.4, -0.2) is 66.3 Å². The molecule has 0 bridgehead atoms. The molecular formula is C22H29N3O3. The third-order valence-electron chi connectivity index (χ3n) is 5.30. The highest BCUT2D eigenvalue weighted by atomic mass is 16.5. The summed E-state index contributed by atoms with van der Waals surface area (Å²) in [6.45, 7) is 7.12. The second-order valence-corrected chi connectivity index (χ2v) is 7.42. The van der Waals surface area contributed by atoms with Crippen molar-refractivity contribution in [1.82, 2.24) is 14.8 Å². The molecule has 0 saturated carbocycles. The number of ketones is 1. The summed E-state index contributed by atoms with van der Waals surface area (Å²) in [6, 6.07) is 9.76. The zero-order valence-corrected chi connectivity index (χ0v) is 17.0. The highest BCUT2D eigenvalue weighted by Crippen LogP contribution is 2.15. The van der Waals surface area contributed by atoms with Gasteiger partial charge in [-0.05, 0) is 44.0 Å². The van der Waals surface area contributed by atoms with E-state index >= 15 is 0 Å². The third-order valence-corrected chi connectivity index (χ3v) is 5.30. The first kappa shape index (κ1) is 20.1. The van der Waals surface area contributed by atoms with E-state index in [4.69, 9.17) is 4.74 Å². The quantitative estimate of drug-likeness (QED) is 0.747. The summed E-state index contributed by atoms with van der Waals surface area (Å²) >= 11 is 0. The van der Waals surface area contributed by atoms with E-state index in [1.54, 1.807) is 7.11 Å². The van der Waals surface area contributed by atoms with E-state index in [9.17, 15) is 9.59 Å². The maximum absolute atomic E-state index is 12.5. The Morgan fingerprint density at radius 3 is 2.50 bits per heavy atom. The molecule has 0 atom stereocenters. The van der Waals surface area contributed by atoms with Gasteiger partial charge in [0, 0.05) is 49.6 Å². The van der Waals surface area contributed by atoms with Gasteiger partial charge < -0.3 is 14.6 Å². The Bertz CT molecular complexity index is 835. The van der Waals surface area contributed by atoms with Gasteiger partial charge in [0.25, 0.3) is 0 Å². The summed E-state index contributed by atoms with van der Waals surface area (Å²) in [5.74, 6) is 1.13. The van der Waals surface area contributed by atoms with Crippen molar-refractivity contribution in [2.45, 2.75) is 26.7 Å². The zero-order valence-electron chi connectivity index (χ0n) is 17.0. The molecule has 0 aliphatic carbocycles. The number of hydrogen-bond donors (Lipinski definition) is 1. The first-order valence-corrected chi connectivity index (χ1v) is 9.78. The van der Waals surface area contributed by atoms with Crippen LogP contribution in [0.2, 0.25) is 0 Å². The Hall–Kier alpha value is -2.60. The molecule has 1 aromatic heterocycles. The van der Waals surface area contributed by atoms with Gasteiger partial charge in [0.05, 0.1) is 13.7 Å². The molecule has 1 aromatic carbocycles. The van der Waals surface area contributed by atoms with Crippen molar-refractivity contribution in [2.75, 3.05) is 39.8 Å². The molecule has 2 heterocycles. The molecule has 0 unspecified atom stereocenters. The van der Waals surface area contributed by atoms with Gasteiger partial charge in [0.15, 0.2) is 5.78 Å². The first-order valence-electron chi connectivity index (χ1n) is 9.78. The molecule has 0 radical (unpaired) electrons. The number of Topliss-reactive ketones (excluding diaryl/α,β-unsaturated/α-hetero) is 1. The highest BCUT2D eigenvalue weighted by molar-refractivity contribution is 5.98. The molecule has 28 heavy (non-hydrogen) atoms. The van der Waals surface area contributed by atoms with Gasteiger partial charge in [0.2, 0.25) is 5.91 Å². The van der Waals surface area contributed by atoms with Crippen molar-refractivity contribution in [2.24, 2.45) is 0 Å². The summed E-state index contributed by atoms with van der Waals surface area (Å²) < 4.78 is 5.23. The highest BCUT2D eigenvalue weighted by Gasteiger charge is 2.23. The zero-order chi connectivity index (χ0) is 20.1. The SMILES string of the molecule is COc1cccc(CCC(=O)N2CCN(CC(=O)c3cc(C)[nH]c3C)CC2)c1. The predicted molar refractivity (Wildman–Crippen MR) is 109 cm³/mol. The number of ether oxygens (including phenoxy) is 1. The van der Waals surface area contributed by atoms with E-state index in [1.807, 2.05) is 49.1 Å². The van der Waals surface area contributed by atoms with E-state index in [2.05, 4.69) is 9.88 Å². The number of methoxy groups -OCH3 is 1. The molecule has 6 heteroatoms.